The van der Waals surface area contributed by atoms with Crippen molar-refractivity contribution in [2.24, 2.45) is 0 Å². The quantitative estimate of drug-likeness (QED) is 0.0428. The molecular weight excluding hydrogens is 959 g/mol. The van der Waals surface area contributed by atoms with Gasteiger partial charge in [0.2, 0.25) is 0 Å². The maximum absolute atomic E-state index is 12.2. The lowest BCUT2D eigenvalue weighted by molar-refractivity contribution is 0.0592. The van der Waals surface area contributed by atoms with Gasteiger partial charge in [0, 0.05) is 16.5 Å². The Labute approximate surface area is 423 Å². The highest BCUT2D eigenvalue weighted by Gasteiger charge is 2.34. The van der Waals surface area contributed by atoms with Gasteiger partial charge in [0.25, 0.3) is 0 Å². The number of ether oxygens (including phenoxy) is 4. The zero-order valence-corrected chi connectivity index (χ0v) is 44.3. The maximum Gasteiger partial charge on any atom is 0.530 e. The van der Waals surface area contributed by atoms with Crippen LogP contribution in [0.3, 0.4) is 0 Å². The van der Waals surface area contributed by atoms with E-state index in [4.69, 9.17) is 46.1 Å². The molecule has 14 nitrogen and oxygen atoms in total. The fourth-order valence-corrected chi connectivity index (χ4v) is 9.39. The van der Waals surface area contributed by atoms with E-state index in [1.54, 1.807) is 97.1 Å². The van der Waals surface area contributed by atoms with E-state index in [0.29, 0.717) is 56.8 Å². The zero-order chi connectivity index (χ0) is 52.4. The van der Waals surface area contributed by atoms with Crippen molar-refractivity contribution in [3.8, 4) is 34.5 Å². The average molecular weight is 1020 g/mol. The van der Waals surface area contributed by atoms with Crippen LogP contribution < -0.4 is 27.1 Å². The number of esters is 4. The highest BCUT2D eigenvalue weighted by Crippen LogP contribution is 2.50. The lowest BCUT2D eigenvalue weighted by Crippen LogP contribution is -2.25. The molecule has 0 heterocycles. The van der Waals surface area contributed by atoms with Gasteiger partial charge in [-0.15, -0.1) is 0 Å². The molecule has 378 valence electrons. The molecule has 0 amide bonds. The summed E-state index contributed by atoms with van der Waals surface area (Å²) < 4.78 is 58.2. The summed E-state index contributed by atoms with van der Waals surface area (Å²) in [5, 5.41) is 0. The third kappa shape index (κ3) is 13.4. The Morgan fingerprint density at radius 2 is 0.625 bits per heavy atom. The van der Waals surface area contributed by atoms with E-state index in [-0.39, 0.29) is 0 Å². The van der Waals surface area contributed by atoms with Crippen molar-refractivity contribution in [3.05, 3.63) is 178 Å². The van der Waals surface area contributed by atoms with Crippen molar-refractivity contribution in [1.82, 2.24) is 0 Å². The third-order valence-corrected chi connectivity index (χ3v) is 13.9. The van der Waals surface area contributed by atoms with Gasteiger partial charge in [-0.2, -0.15) is 0 Å². The molecule has 0 atom stereocenters. The molecule has 0 N–H and O–H groups in total. The first kappa shape index (κ1) is 54.2. The summed E-state index contributed by atoms with van der Waals surface area (Å²) in [5.41, 5.74) is 3.93. The van der Waals surface area contributed by atoms with E-state index in [0.717, 1.165) is 28.7 Å². The number of hydrogen-bond donors (Lipinski definition) is 0. The topological polar surface area (TPSA) is 161 Å². The van der Waals surface area contributed by atoms with Gasteiger partial charge in [0.15, 0.2) is 0 Å². The fraction of sp³-hybridized carbons (Fsp3) is 0.286. The molecule has 0 saturated carbocycles. The number of carbonyl (C=O) groups is 4. The summed E-state index contributed by atoms with van der Waals surface area (Å²) in [6.45, 7) is 17.0. The Morgan fingerprint density at radius 3 is 0.833 bits per heavy atom. The molecule has 0 aliphatic rings. The SMILES string of the molecule is CCC(C)(c1ccc(OP(Oc2ccc(C(=O)OC)cc2)Oc2ccc(C(=O)OC)cc2)c(C(C)(C)C)c1)c1ccc(OP(Oc2ccc(C(=O)OC)cc2)Oc2ccc(C(=O)OC)cc2)c(C(C)(C)C)c1. The van der Waals surface area contributed by atoms with Crippen LogP contribution in [-0.4, -0.2) is 52.3 Å². The number of hydrogen-bond acceptors (Lipinski definition) is 14. The molecule has 0 radical (unpaired) electrons. The van der Waals surface area contributed by atoms with E-state index >= 15 is 0 Å². The number of benzene rings is 6. The number of methoxy groups -OCH3 is 4. The normalized spacial score (nSPS) is 11.6. The Morgan fingerprint density at radius 1 is 0.375 bits per heavy atom. The first-order chi connectivity index (χ1) is 34.2. The van der Waals surface area contributed by atoms with Gasteiger partial charge in [-0.25, -0.2) is 19.2 Å². The molecule has 0 saturated heterocycles. The van der Waals surface area contributed by atoms with Gasteiger partial charge in [-0.1, -0.05) is 79.7 Å². The molecule has 0 aliphatic carbocycles. The molecule has 0 fully saturated rings. The van der Waals surface area contributed by atoms with Gasteiger partial charge in [0.05, 0.1) is 50.7 Å². The molecule has 0 aromatic heterocycles. The molecule has 6 rings (SSSR count). The first-order valence-corrected chi connectivity index (χ1v) is 25.1. The molecule has 0 unspecified atom stereocenters. The monoisotopic (exact) mass is 1020 g/mol. The van der Waals surface area contributed by atoms with Crippen LogP contribution in [0.1, 0.15) is 125 Å². The highest BCUT2D eigenvalue weighted by molar-refractivity contribution is 7.43. The fourth-order valence-electron chi connectivity index (χ4n) is 7.35. The molecule has 0 aliphatic heterocycles. The lowest BCUT2D eigenvalue weighted by Gasteiger charge is -2.34. The molecule has 6 aromatic carbocycles. The smallest absolute Gasteiger partial charge is 0.465 e. The van der Waals surface area contributed by atoms with Crippen LogP contribution in [0.4, 0.5) is 0 Å². The summed E-state index contributed by atoms with van der Waals surface area (Å²) in [7, 11) is 0.927. The Kier molecular flexibility index (Phi) is 17.6. The largest absolute Gasteiger partial charge is 0.530 e. The summed E-state index contributed by atoms with van der Waals surface area (Å²) in [6, 6.07) is 38.1. The van der Waals surface area contributed by atoms with Gasteiger partial charge >= 0.3 is 41.1 Å². The highest BCUT2D eigenvalue weighted by atomic mass is 31.2. The van der Waals surface area contributed by atoms with Crippen LogP contribution in [-0.2, 0) is 35.2 Å². The van der Waals surface area contributed by atoms with Gasteiger partial charge in [0.1, 0.15) is 34.5 Å². The Bertz CT molecular complexity index is 2520. The van der Waals surface area contributed by atoms with Crippen LogP contribution in [0.5, 0.6) is 34.5 Å². The molecule has 6 aromatic rings. The van der Waals surface area contributed by atoms with Crippen LogP contribution >= 0.6 is 17.2 Å². The van der Waals surface area contributed by atoms with Crippen molar-refractivity contribution in [2.75, 3.05) is 28.4 Å². The standard InChI is InChI=1S/C56H60O14P2/c1-13-56(8,40-22-32-48(46(34-40)54(2,3)4)69-71(65-42-24-14-36(15-25-42)50(57)61-9)66-43-26-16-37(17-27-43)51(58)62-10)41-23-33-49(47(35-41)55(5,6)7)70-72(67-44-28-18-38(19-29-44)52(59)63-11)68-45-30-20-39(21-31-45)53(60)64-12/h14-35H,13H2,1-12H3. The maximum atomic E-state index is 12.2. The molecule has 16 heteroatoms. The molecule has 72 heavy (non-hydrogen) atoms. The van der Waals surface area contributed by atoms with Crippen LogP contribution in [0.15, 0.2) is 133 Å². The van der Waals surface area contributed by atoms with Crippen LogP contribution in [0.25, 0.3) is 0 Å². The van der Waals surface area contributed by atoms with Crippen LogP contribution in [0.2, 0.25) is 0 Å². The number of rotatable bonds is 19. The predicted molar refractivity (Wildman–Crippen MR) is 276 cm³/mol. The van der Waals surface area contributed by atoms with E-state index in [9.17, 15) is 19.2 Å². The second-order valence-electron chi connectivity index (χ2n) is 18.7. The minimum atomic E-state index is -2.17. The Balaban J connectivity index is 1.35. The minimum Gasteiger partial charge on any atom is -0.465 e. The first-order valence-electron chi connectivity index (χ1n) is 22.9. The van der Waals surface area contributed by atoms with E-state index in [1.165, 1.54) is 28.4 Å². The number of carbonyl (C=O) groups excluding carboxylic acids is 4. The average Bonchev–Trinajstić information content (AvgIpc) is 3.37. The second-order valence-corrected chi connectivity index (χ2v) is 20.7. The molecule has 0 spiro atoms. The summed E-state index contributed by atoms with van der Waals surface area (Å²) >= 11 is 0. The molecular formula is C56H60O14P2. The van der Waals surface area contributed by atoms with Gasteiger partial charge in [-0.3, -0.25) is 0 Å². The van der Waals surface area contributed by atoms with E-state index in [2.05, 4.69) is 79.7 Å². The zero-order valence-electron chi connectivity index (χ0n) is 42.5. The summed E-state index contributed by atoms with van der Waals surface area (Å²) in [6.07, 6.45) is 0.727. The minimum absolute atomic E-state index is 0.352. The van der Waals surface area contributed by atoms with Crippen molar-refractivity contribution < 1.29 is 65.3 Å². The predicted octanol–water partition coefficient (Wildman–Crippen LogP) is 13.7. The van der Waals surface area contributed by atoms with Crippen molar-refractivity contribution in [1.29, 1.82) is 0 Å². The summed E-state index contributed by atoms with van der Waals surface area (Å²) in [4.78, 5) is 48.7. The van der Waals surface area contributed by atoms with Crippen molar-refractivity contribution in [3.63, 3.8) is 0 Å². The van der Waals surface area contributed by atoms with E-state index < -0.39 is 57.3 Å². The third-order valence-electron chi connectivity index (χ3n) is 11.7. The Hall–Kier alpha value is -7.14. The van der Waals surface area contributed by atoms with Crippen LogP contribution in [0, 0.1) is 0 Å². The second kappa shape index (κ2) is 23.4. The van der Waals surface area contributed by atoms with Crippen molar-refractivity contribution in [2.45, 2.75) is 78.1 Å². The van der Waals surface area contributed by atoms with Gasteiger partial charge in [-0.05, 0) is 138 Å². The summed E-state index contributed by atoms with van der Waals surface area (Å²) in [5.74, 6) is 0.723. The van der Waals surface area contributed by atoms with Gasteiger partial charge < -0.3 is 46.1 Å². The van der Waals surface area contributed by atoms with E-state index in [1.807, 2.05) is 12.1 Å². The molecule has 0 bridgehead atoms. The van der Waals surface area contributed by atoms with Crippen molar-refractivity contribution >= 4 is 41.1 Å². The lowest BCUT2D eigenvalue weighted by atomic mass is 9.71.